The second-order valence-electron chi connectivity index (χ2n) is 16.9. The average Bonchev–Trinajstić information content (AvgIpc) is 2.87. The largest absolute Gasteiger partial charge is 0.469 e. The van der Waals surface area contributed by atoms with E-state index in [1.165, 1.54) is 14.2 Å². The van der Waals surface area contributed by atoms with Crippen molar-refractivity contribution in [1.29, 1.82) is 0 Å². The van der Waals surface area contributed by atoms with E-state index in [1.807, 2.05) is 0 Å². The fraction of sp³-hybridized carbons (Fsp3) is 0.882. The van der Waals surface area contributed by atoms with E-state index in [0.717, 1.165) is 38.5 Å². The average molecular weight is 553 g/mol. The summed E-state index contributed by atoms with van der Waals surface area (Å²) >= 11 is 0. The first-order valence-corrected chi connectivity index (χ1v) is 15.8. The molecule has 4 spiro atoms. The number of carbonyl (C=O) groups excluding carboxylic acids is 4. The molecular weight excluding hydrogens is 504 g/mol. The maximum atomic E-state index is 14.9. The highest BCUT2D eigenvalue weighted by Crippen LogP contribution is 3.06. The molecule has 220 valence electrons. The molecule has 4 bridgehead atoms. The fourth-order valence-corrected chi connectivity index (χ4v) is 15.3. The van der Waals surface area contributed by atoms with Crippen LogP contribution in [0.15, 0.2) is 0 Å². The predicted molar refractivity (Wildman–Crippen MR) is 148 cm³/mol. The fourth-order valence-electron chi connectivity index (χ4n) is 15.3. The van der Waals surface area contributed by atoms with E-state index in [2.05, 4.69) is 41.5 Å². The van der Waals surface area contributed by atoms with Crippen LogP contribution in [0.1, 0.15) is 106 Å². The van der Waals surface area contributed by atoms with Gasteiger partial charge < -0.3 is 9.47 Å². The highest BCUT2D eigenvalue weighted by atomic mass is 16.5. The predicted octanol–water partition coefficient (Wildman–Crippen LogP) is 5.94. The first-order valence-electron chi connectivity index (χ1n) is 15.8. The zero-order valence-electron chi connectivity index (χ0n) is 25.8. The van der Waals surface area contributed by atoms with E-state index in [0.29, 0.717) is 25.7 Å². The summed E-state index contributed by atoms with van der Waals surface area (Å²) in [5.41, 5.74) is -4.44. The van der Waals surface area contributed by atoms with Gasteiger partial charge in [0, 0.05) is 23.7 Å². The molecule has 0 radical (unpaired) electrons. The zero-order valence-corrected chi connectivity index (χ0v) is 25.8. The first kappa shape index (κ1) is 27.1. The Morgan fingerprint density at radius 1 is 0.600 bits per heavy atom. The van der Waals surface area contributed by atoms with Crippen LogP contribution in [-0.4, -0.2) is 37.7 Å². The van der Waals surface area contributed by atoms with Crippen molar-refractivity contribution in [3.8, 4) is 0 Å². The molecule has 0 saturated heterocycles. The number of carbonyl (C=O) groups is 4. The molecule has 0 aromatic carbocycles. The minimum Gasteiger partial charge on any atom is -0.469 e. The van der Waals surface area contributed by atoms with Gasteiger partial charge >= 0.3 is 11.9 Å². The van der Waals surface area contributed by atoms with E-state index in [-0.39, 0.29) is 57.0 Å². The third kappa shape index (κ3) is 2.11. The van der Waals surface area contributed by atoms with Crippen LogP contribution in [0.2, 0.25) is 0 Å². The molecule has 40 heavy (non-hydrogen) atoms. The SMILES string of the molecule is COC(=O)C1C23CC[C@@]45C(=O)CC6C(C)(C)CCC[C@]6(C)[C@@]14[C@@]2(C5C(=O)OC)C1(C)CCCC(C)(C)C1CC3=O. The van der Waals surface area contributed by atoms with Gasteiger partial charge in [-0.05, 0) is 72.0 Å². The van der Waals surface area contributed by atoms with Crippen LogP contribution < -0.4 is 0 Å². The summed E-state index contributed by atoms with van der Waals surface area (Å²) in [6, 6.07) is 0. The lowest BCUT2D eigenvalue weighted by Gasteiger charge is -3.01. The van der Waals surface area contributed by atoms with Gasteiger partial charge in [0.15, 0.2) is 0 Å². The van der Waals surface area contributed by atoms with Crippen molar-refractivity contribution < 1.29 is 28.7 Å². The molecule has 0 amide bonds. The molecule has 0 aliphatic heterocycles. The Labute approximate surface area is 239 Å². The van der Waals surface area contributed by atoms with Crippen LogP contribution in [0.5, 0.6) is 0 Å². The molecule has 8 fully saturated rings. The summed E-state index contributed by atoms with van der Waals surface area (Å²) in [6.07, 6.45) is 7.82. The highest BCUT2D eigenvalue weighted by Gasteiger charge is 3.09. The summed E-state index contributed by atoms with van der Waals surface area (Å²) in [5, 5.41) is 0. The minimum atomic E-state index is -0.980. The monoisotopic (exact) mass is 552 g/mol. The summed E-state index contributed by atoms with van der Waals surface area (Å²) in [7, 11) is 2.87. The van der Waals surface area contributed by atoms with Crippen LogP contribution in [0, 0.1) is 67.0 Å². The van der Waals surface area contributed by atoms with E-state index in [1.54, 1.807) is 0 Å². The van der Waals surface area contributed by atoms with Crippen molar-refractivity contribution >= 4 is 23.5 Å². The van der Waals surface area contributed by atoms with E-state index in [4.69, 9.17) is 9.47 Å². The standard InChI is InChI=1S/C34H48O6/c1-27(2)11-9-13-29(5)19(27)17-21(35)31-15-16-32-22(36)18-20-28(3,4)12-10-14-30(20,6)34(32,24(31)26(38)40-8)33(29,31)23(32)25(37)39-7/h19-20,23-24H,9-18H2,1-8H3/t19?,20?,23?,24?,29-,30?,31-,32?,33-,34-/m0/s1. The van der Waals surface area contributed by atoms with Gasteiger partial charge in [0.2, 0.25) is 0 Å². The number of esters is 2. The Bertz CT molecular complexity index is 1170. The van der Waals surface area contributed by atoms with Gasteiger partial charge in [0.05, 0.1) is 36.9 Å². The topological polar surface area (TPSA) is 86.7 Å². The smallest absolute Gasteiger partial charge is 0.310 e. The Balaban J connectivity index is 1.64. The molecule has 8 rings (SSSR count). The molecule has 0 aromatic heterocycles. The summed E-state index contributed by atoms with van der Waals surface area (Å²) < 4.78 is 11.2. The Morgan fingerprint density at radius 3 is 1.27 bits per heavy atom. The maximum Gasteiger partial charge on any atom is 0.310 e. The Hall–Kier alpha value is -1.72. The second kappa shape index (κ2) is 7.25. The molecule has 0 heterocycles. The lowest BCUT2D eigenvalue weighted by molar-refractivity contribution is -0.534. The summed E-state index contributed by atoms with van der Waals surface area (Å²) in [5.74, 6) is -1.59. The Morgan fingerprint density at radius 2 is 0.950 bits per heavy atom. The molecule has 0 aromatic rings. The third-order valence-electron chi connectivity index (χ3n) is 15.7. The second-order valence-corrected chi connectivity index (χ2v) is 16.9. The lowest BCUT2D eigenvalue weighted by Crippen LogP contribution is -3.05. The number of ether oxygens (including phenoxy) is 2. The van der Waals surface area contributed by atoms with E-state index >= 15 is 0 Å². The van der Waals surface area contributed by atoms with E-state index in [9.17, 15) is 19.2 Å². The molecule has 6 nitrogen and oxygen atoms in total. The van der Waals surface area contributed by atoms with Crippen LogP contribution in [0.25, 0.3) is 0 Å². The Kier molecular flexibility index (Phi) is 4.92. The molecular formula is C34H48O6. The van der Waals surface area contributed by atoms with Crippen molar-refractivity contribution in [3.05, 3.63) is 0 Å². The number of fused-ring (bicyclic) bond motifs is 3. The van der Waals surface area contributed by atoms with Crippen molar-refractivity contribution in [3.63, 3.8) is 0 Å². The van der Waals surface area contributed by atoms with Gasteiger partial charge in [-0.25, -0.2) is 0 Å². The van der Waals surface area contributed by atoms with Gasteiger partial charge in [-0.3, -0.25) is 19.2 Å². The minimum absolute atomic E-state index is 0.0793. The van der Waals surface area contributed by atoms with Crippen molar-refractivity contribution in [1.82, 2.24) is 0 Å². The normalized spacial score (nSPS) is 54.3. The number of hydrogen-bond acceptors (Lipinski definition) is 6. The molecule has 6 unspecified atom stereocenters. The molecule has 6 heteroatoms. The number of Topliss-reactive ketones (excluding diaryl/α,β-unsaturated/α-hetero) is 2. The number of methoxy groups -OCH3 is 2. The lowest BCUT2D eigenvalue weighted by atomic mass is 8.98. The number of rotatable bonds is 2. The summed E-state index contributed by atoms with van der Waals surface area (Å²) in [6.45, 7) is 13.9. The maximum absolute atomic E-state index is 14.9. The first-order chi connectivity index (χ1) is 18.6. The quantitative estimate of drug-likeness (QED) is 0.394. The molecule has 8 aliphatic carbocycles. The highest BCUT2D eigenvalue weighted by molar-refractivity contribution is 6.06. The number of hydrogen-bond donors (Lipinski definition) is 0. The van der Waals surface area contributed by atoms with Crippen LogP contribution in [-0.2, 0) is 28.7 Å². The van der Waals surface area contributed by atoms with E-state index < -0.39 is 33.5 Å². The van der Waals surface area contributed by atoms with Gasteiger partial charge in [-0.1, -0.05) is 54.4 Å². The number of ketones is 2. The summed E-state index contributed by atoms with van der Waals surface area (Å²) in [4.78, 5) is 58.2. The third-order valence-corrected chi connectivity index (χ3v) is 15.7. The van der Waals surface area contributed by atoms with Crippen molar-refractivity contribution in [2.45, 2.75) is 106 Å². The van der Waals surface area contributed by atoms with Gasteiger partial charge in [-0.2, -0.15) is 0 Å². The van der Waals surface area contributed by atoms with Gasteiger partial charge in [-0.15, -0.1) is 0 Å². The molecule has 8 saturated carbocycles. The van der Waals surface area contributed by atoms with Crippen LogP contribution in [0.3, 0.4) is 0 Å². The van der Waals surface area contributed by atoms with Gasteiger partial charge in [0.1, 0.15) is 11.6 Å². The molecule has 0 N–H and O–H groups in total. The van der Waals surface area contributed by atoms with Gasteiger partial charge in [0.25, 0.3) is 0 Å². The van der Waals surface area contributed by atoms with Crippen LogP contribution in [0.4, 0.5) is 0 Å². The zero-order chi connectivity index (χ0) is 29.1. The molecule has 8 aliphatic rings. The van der Waals surface area contributed by atoms with Crippen molar-refractivity contribution in [2.75, 3.05) is 14.2 Å². The molecule has 10 atom stereocenters. The van der Waals surface area contributed by atoms with Crippen LogP contribution >= 0.6 is 0 Å². The van der Waals surface area contributed by atoms with Crippen molar-refractivity contribution in [2.24, 2.45) is 67.0 Å².